The predicted molar refractivity (Wildman–Crippen MR) is 48.4 cm³/mol. The summed E-state index contributed by atoms with van der Waals surface area (Å²) in [6, 6.07) is 3.98. The van der Waals surface area contributed by atoms with E-state index < -0.39 is 0 Å². The lowest BCUT2D eigenvalue weighted by molar-refractivity contribution is 1.19. The van der Waals surface area contributed by atoms with Crippen LogP contribution in [0.2, 0.25) is 0 Å². The largest absolute Gasteiger partial charge is 0.256 e. The van der Waals surface area contributed by atoms with E-state index in [1.807, 2.05) is 26.0 Å². The predicted octanol–water partition coefficient (Wildman–Crippen LogP) is 2.24. The molecule has 0 radical (unpaired) electrons. The molecule has 1 rings (SSSR count). The van der Waals surface area contributed by atoms with Gasteiger partial charge in [0.15, 0.2) is 0 Å². The first-order valence-electron chi connectivity index (χ1n) is 3.73. The molecule has 2 heteroatoms. The lowest BCUT2D eigenvalue weighted by Crippen LogP contribution is -1.87. The molecule has 0 fully saturated rings. The molecule has 1 heterocycles. The zero-order valence-electron chi connectivity index (χ0n) is 7.20. The molecule has 0 amide bonds. The minimum atomic E-state index is 0.863. The fourth-order valence-electron chi connectivity index (χ4n) is 1.02. The van der Waals surface area contributed by atoms with Gasteiger partial charge in [0.25, 0.3) is 0 Å². The van der Waals surface area contributed by atoms with Crippen LogP contribution in [-0.4, -0.2) is 4.98 Å². The van der Waals surface area contributed by atoms with E-state index in [4.69, 9.17) is 5.26 Å². The van der Waals surface area contributed by atoms with Crippen molar-refractivity contribution in [1.29, 1.82) is 5.26 Å². The Bertz CT molecular complexity index is 345. The summed E-state index contributed by atoms with van der Waals surface area (Å²) >= 11 is 0. The van der Waals surface area contributed by atoms with Gasteiger partial charge in [-0.25, -0.2) is 0 Å². The topological polar surface area (TPSA) is 36.7 Å². The molecule has 2 nitrogen and oxygen atoms in total. The van der Waals surface area contributed by atoms with Crippen LogP contribution in [0.25, 0.3) is 6.08 Å². The van der Waals surface area contributed by atoms with Crippen LogP contribution in [0, 0.1) is 25.2 Å². The van der Waals surface area contributed by atoms with Gasteiger partial charge in [0.2, 0.25) is 0 Å². The second-order valence-electron chi connectivity index (χ2n) is 2.68. The molecule has 1 aromatic rings. The highest BCUT2D eigenvalue weighted by Gasteiger charge is 1.94. The molecule has 0 aliphatic carbocycles. The smallest absolute Gasteiger partial charge is 0.0912 e. The van der Waals surface area contributed by atoms with Gasteiger partial charge in [-0.15, -0.1) is 0 Å². The Morgan fingerprint density at radius 1 is 1.50 bits per heavy atom. The third kappa shape index (κ3) is 1.93. The molecule has 60 valence electrons. The molecular weight excluding hydrogens is 148 g/mol. The van der Waals surface area contributed by atoms with Crippen LogP contribution in [0.1, 0.15) is 16.8 Å². The maximum Gasteiger partial charge on any atom is 0.0912 e. The SMILES string of the molecule is Cc1cnc(C=CC#N)c(C)c1. The average molecular weight is 158 g/mol. The highest BCUT2D eigenvalue weighted by molar-refractivity contribution is 5.51. The Labute approximate surface area is 72.2 Å². The first-order chi connectivity index (χ1) is 5.74. The van der Waals surface area contributed by atoms with Crippen LogP contribution in [0.4, 0.5) is 0 Å². The molecule has 0 aromatic carbocycles. The van der Waals surface area contributed by atoms with Gasteiger partial charge in [-0.1, -0.05) is 6.07 Å². The van der Waals surface area contributed by atoms with Crippen molar-refractivity contribution < 1.29 is 0 Å². The summed E-state index contributed by atoms with van der Waals surface area (Å²) in [5.74, 6) is 0. The minimum Gasteiger partial charge on any atom is -0.256 e. The second-order valence-corrected chi connectivity index (χ2v) is 2.68. The molecule has 0 aliphatic heterocycles. The van der Waals surface area contributed by atoms with Crippen LogP contribution in [0.3, 0.4) is 0 Å². The van der Waals surface area contributed by atoms with Gasteiger partial charge >= 0.3 is 0 Å². The lowest BCUT2D eigenvalue weighted by atomic mass is 10.1. The number of hydrogen-bond acceptors (Lipinski definition) is 2. The molecule has 0 bridgehead atoms. The molecule has 0 saturated heterocycles. The normalized spacial score (nSPS) is 10.1. The molecule has 0 aliphatic rings. The fraction of sp³-hybridized carbons (Fsp3) is 0.200. The third-order valence-electron chi connectivity index (χ3n) is 1.57. The fourth-order valence-corrected chi connectivity index (χ4v) is 1.02. The quantitative estimate of drug-likeness (QED) is 0.587. The van der Waals surface area contributed by atoms with E-state index in [0.29, 0.717) is 0 Å². The Balaban J connectivity index is 3.03. The standard InChI is InChI=1S/C10H10N2/c1-8-6-9(2)10(12-7-8)4-3-5-11/h3-4,6-7H,1-2H3. The van der Waals surface area contributed by atoms with Crippen molar-refractivity contribution in [3.05, 3.63) is 35.2 Å². The van der Waals surface area contributed by atoms with Gasteiger partial charge < -0.3 is 0 Å². The first-order valence-corrected chi connectivity index (χ1v) is 3.73. The summed E-state index contributed by atoms with van der Waals surface area (Å²) in [7, 11) is 0. The summed E-state index contributed by atoms with van der Waals surface area (Å²) in [5, 5.41) is 8.31. The van der Waals surface area contributed by atoms with Crippen LogP contribution < -0.4 is 0 Å². The third-order valence-corrected chi connectivity index (χ3v) is 1.57. The first kappa shape index (κ1) is 8.48. The van der Waals surface area contributed by atoms with Gasteiger partial charge in [-0.05, 0) is 31.1 Å². The maximum absolute atomic E-state index is 8.31. The molecule has 0 saturated carbocycles. The summed E-state index contributed by atoms with van der Waals surface area (Å²) < 4.78 is 0. The van der Waals surface area contributed by atoms with E-state index in [1.165, 1.54) is 6.08 Å². The van der Waals surface area contributed by atoms with E-state index in [0.717, 1.165) is 16.8 Å². The number of pyridine rings is 1. The minimum absolute atomic E-state index is 0.863. The van der Waals surface area contributed by atoms with Gasteiger partial charge in [-0.2, -0.15) is 5.26 Å². The Morgan fingerprint density at radius 2 is 2.25 bits per heavy atom. The molecule has 0 N–H and O–H groups in total. The highest BCUT2D eigenvalue weighted by Crippen LogP contribution is 2.07. The Morgan fingerprint density at radius 3 is 2.83 bits per heavy atom. The van der Waals surface area contributed by atoms with Crippen molar-refractivity contribution in [2.45, 2.75) is 13.8 Å². The zero-order valence-corrected chi connectivity index (χ0v) is 7.20. The molecule has 0 spiro atoms. The second kappa shape index (κ2) is 3.68. The van der Waals surface area contributed by atoms with Crippen LogP contribution >= 0.6 is 0 Å². The van der Waals surface area contributed by atoms with Gasteiger partial charge in [0.1, 0.15) is 0 Å². The lowest BCUT2D eigenvalue weighted by Gasteiger charge is -1.98. The zero-order chi connectivity index (χ0) is 8.97. The number of hydrogen-bond donors (Lipinski definition) is 0. The van der Waals surface area contributed by atoms with Crippen molar-refractivity contribution in [2.75, 3.05) is 0 Å². The Kier molecular flexibility index (Phi) is 2.60. The molecule has 1 aromatic heterocycles. The van der Waals surface area contributed by atoms with Crippen molar-refractivity contribution >= 4 is 6.08 Å². The molecule has 0 unspecified atom stereocenters. The van der Waals surface area contributed by atoms with E-state index in [1.54, 1.807) is 12.3 Å². The van der Waals surface area contributed by atoms with Gasteiger partial charge in [-0.3, -0.25) is 4.98 Å². The summed E-state index contributed by atoms with van der Waals surface area (Å²) in [5.41, 5.74) is 3.10. The van der Waals surface area contributed by atoms with E-state index in [9.17, 15) is 0 Å². The molecule has 12 heavy (non-hydrogen) atoms. The van der Waals surface area contributed by atoms with Crippen molar-refractivity contribution in [2.24, 2.45) is 0 Å². The van der Waals surface area contributed by atoms with Crippen LogP contribution in [0.15, 0.2) is 18.3 Å². The number of nitriles is 1. The highest BCUT2D eigenvalue weighted by atomic mass is 14.7. The van der Waals surface area contributed by atoms with E-state index >= 15 is 0 Å². The van der Waals surface area contributed by atoms with E-state index in [2.05, 4.69) is 4.98 Å². The van der Waals surface area contributed by atoms with Crippen molar-refractivity contribution in [3.8, 4) is 6.07 Å². The summed E-state index contributed by atoms with van der Waals surface area (Å²) in [6.07, 6.45) is 4.95. The monoisotopic (exact) mass is 158 g/mol. The Hall–Kier alpha value is -1.62. The van der Waals surface area contributed by atoms with Crippen molar-refractivity contribution in [3.63, 3.8) is 0 Å². The number of aromatic nitrogens is 1. The number of rotatable bonds is 1. The molecule has 0 atom stereocenters. The van der Waals surface area contributed by atoms with E-state index in [-0.39, 0.29) is 0 Å². The average Bonchev–Trinajstić information content (AvgIpc) is 2.03. The number of nitrogens with zero attached hydrogens (tertiary/aromatic N) is 2. The number of allylic oxidation sites excluding steroid dienone is 1. The van der Waals surface area contributed by atoms with Crippen LogP contribution in [-0.2, 0) is 0 Å². The molecular formula is C10H10N2. The van der Waals surface area contributed by atoms with Gasteiger partial charge in [0.05, 0.1) is 11.8 Å². The van der Waals surface area contributed by atoms with Gasteiger partial charge in [0, 0.05) is 12.3 Å². The summed E-state index contributed by atoms with van der Waals surface area (Å²) in [6.45, 7) is 3.98. The van der Waals surface area contributed by atoms with Crippen molar-refractivity contribution in [1.82, 2.24) is 4.98 Å². The summed E-state index contributed by atoms with van der Waals surface area (Å²) in [4.78, 5) is 4.18. The maximum atomic E-state index is 8.31. The number of aryl methyl sites for hydroxylation is 2. The van der Waals surface area contributed by atoms with Crippen LogP contribution in [0.5, 0.6) is 0 Å².